The van der Waals surface area contributed by atoms with Gasteiger partial charge < -0.3 is 9.80 Å². The fourth-order valence-electron chi connectivity index (χ4n) is 4.75. The van der Waals surface area contributed by atoms with Crippen LogP contribution in [0, 0.1) is 18.8 Å². The fraction of sp³-hybridized carbons (Fsp3) is 0.708. The van der Waals surface area contributed by atoms with Gasteiger partial charge in [0.1, 0.15) is 0 Å². The summed E-state index contributed by atoms with van der Waals surface area (Å²) in [7, 11) is 0.588. The third-order valence-electron chi connectivity index (χ3n) is 6.79. The molecule has 2 fully saturated rings. The van der Waals surface area contributed by atoms with Gasteiger partial charge in [-0.05, 0) is 64.8 Å². The van der Waals surface area contributed by atoms with Crippen molar-refractivity contribution in [2.75, 3.05) is 46.8 Å². The van der Waals surface area contributed by atoms with Gasteiger partial charge in [-0.25, -0.2) is 8.42 Å². The second kappa shape index (κ2) is 10.9. The predicted octanol–water partition coefficient (Wildman–Crippen LogP) is 3.37. The van der Waals surface area contributed by atoms with E-state index in [4.69, 9.17) is 0 Å². The van der Waals surface area contributed by atoms with Crippen LogP contribution >= 0.6 is 0 Å². The van der Waals surface area contributed by atoms with E-state index in [2.05, 4.69) is 9.80 Å². The molecule has 0 bridgehead atoms. The molecule has 31 heavy (non-hydrogen) atoms. The molecule has 2 aliphatic rings. The van der Waals surface area contributed by atoms with Gasteiger partial charge in [-0.3, -0.25) is 4.79 Å². The summed E-state index contributed by atoms with van der Waals surface area (Å²) < 4.78 is 27.5. The Hall–Kier alpha value is -1.44. The van der Waals surface area contributed by atoms with Crippen LogP contribution in [0.15, 0.2) is 29.2 Å². The Balaban J connectivity index is 1.61. The number of carbonyl (C=O) groups is 1. The number of piperidine rings is 1. The van der Waals surface area contributed by atoms with Crippen LogP contribution in [0.2, 0.25) is 0 Å². The second-order valence-electron chi connectivity index (χ2n) is 9.58. The number of benzene rings is 1. The Morgan fingerprint density at radius 1 is 0.968 bits per heavy atom. The molecule has 0 aromatic heterocycles. The van der Waals surface area contributed by atoms with Crippen molar-refractivity contribution in [3.8, 4) is 0 Å². The molecule has 1 aromatic carbocycles. The van der Waals surface area contributed by atoms with E-state index in [0.29, 0.717) is 36.7 Å². The molecule has 0 radical (unpaired) electrons. The lowest BCUT2D eigenvalue weighted by molar-refractivity contribution is -0.137. The molecule has 0 atom stereocenters. The highest BCUT2D eigenvalue weighted by molar-refractivity contribution is 7.89. The summed E-state index contributed by atoms with van der Waals surface area (Å²) in [4.78, 5) is 17.9. The zero-order valence-corrected chi connectivity index (χ0v) is 20.2. The van der Waals surface area contributed by atoms with Crippen molar-refractivity contribution in [2.24, 2.45) is 11.8 Å². The first kappa shape index (κ1) is 24.2. The number of nitrogens with zero attached hydrogens (tertiary/aromatic N) is 3. The first-order valence-electron chi connectivity index (χ1n) is 11.8. The predicted molar refractivity (Wildman–Crippen MR) is 124 cm³/mol. The molecule has 7 heteroatoms. The molecule has 1 heterocycles. The summed E-state index contributed by atoms with van der Waals surface area (Å²) in [6.07, 6.45) is 7.51. The third kappa shape index (κ3) is 6.53. The van der Waals surface area contributed by atoms with Gasteiger partial charge in [0.05, 0.1) is 4.90 Å². The summed E-state index contributed by atoms with van der Waals surface area (Å²) in [6.45, 7) is 5.25. The van der Waals surface area contributed by atoms with E-state index in [1.165, 1.54) is 32.1 Å². The largest absolute Gasteiger partial charge is 0.341 e. The molecule has 174 valence electrons. The molecule has 0 N–H and O–H groups in total. The summed E-state index contributed by atoms with van der Waals surface area (Å²) in [5.41, 5.74) is 1.04. The summed E-state index contributed by atoms with van der Waals surface area (Å²) in [5, 5.41) is 0. The Morgan fingerprint density at radius 2 is 1.58 bits per heavy atom. The number of hydrogen-bond donors (Lipinski definition) is 0. The number of hydrogen-bond acceptors (Lipinski definition) is 4. The minimum absolute atomic E-state index is 0.0739. The van der Waals surface area contributed by atoms with Crippen molar-refractivity contribution in [3.63, 3.8) is 0 Å². The van der Waals surface area contributed by atoms with Crippen molar-refractivity contribution in [1.82, 2.24) is 14.1 Å². The normalized spacial score (nSPS) is 19.6. The van der Waals surface area contributed by atoms with E-state index in [9.17, 15) is 13.2 Å². The van der Waals surface area contributed by atoms with E-state index in [1.807, 2.05) is 33.2 Å². The summed E-state index contributed by atoms with van der Waals surface area (Å²) in [6, 6.07) is 7.01. The first-order chi connectivity index (χ1) is 14.8. The standard InChI is InChI=1S/C24H39N3O3S/c1-20-9-11-23(12-10-20)31(29,30)27-15-13-22(14-16-27)24(28)26(18-17-25(2)3)19-21-7-5-4-6-8-21/h9-12,21-22H,4-8,13-19H2,1-3H3. The maximum atomic E-state index is 13.4. The Morgan fingerprint density at radius 3 is 2.16 bits per heavy atom. The smallest absolute Gasteiger partial charge is 0.243 e. The number of rotatable bonds is 8. The van der Waals surface area contributed by atoms with Crippen molar-refractivity contribution in [2.45, 2.75) is 56.8 Å². The van der Waals surface area contributed by atoms with Crippen molar-refractivity contribution in [1.29, 1.82) is 0 Å². The van der Waals surface area contributed by atoms with Gasteiger partial charge in [0.2, 0.25) is 15.9 Å². The minimum atomic E-state index is -3.49. The van der Waals surface area contributed by atoms with E-state index in [1.54, 1.807) is 16.4 Å². The van der Waals surface area contributed by atoms with Crippen LogP contribution in [0.5, 0.6) is 0 Å². The maximum Gasteiger partial charge on any atom is 0.243 e. The van der Waals surface area contributed by atoms with E-state index < -0.39 is 10.0 Å². The average Bonchev–Trinajstić information content (AvgIpc) is 2.77. The van der Waals surface area contributed by atoms with Gasteiger partial charge in [-0.1, -0.05) is 37.0 Å². The summed E-state index contributed by atoms with van der Waals surface area (Å²) >= 11 is 0. The van der Waals surface area contributed by atoms with Crippen LogP contribution in [0.25, 0.3) is 0 Å². The van der Waals surface area contributed by atoms with Crippen LogP contribution in [-0.4, -0.2) is 75.2 Å². The van der Waals surface area contributed by atoms with Gasteiger partial charge in [-0.15, -0.1) is 0 Å². The number of likely N-dealkylation sites (N-methyl/N-ethyl adjacent to an activating group) is 1. The van der Waals surface area contributed by atoms with Gasteiger partial charge in [0.25, 0.3) is 0 Å². The molecule has 0 unspecified atom stereocenters. The Kier molecular flexibility index (Phi) is 8.53. The lowest BCUT2D eigenvalue weighted by atomic mass is 9.88. The van der Waals surface area contributed by atoms with E-state index in [0.717, 1.165) is 25.2 Å². The summed E-state index contributed by atoms with van der Waals surface area (Å²) in [5.74, 6) is 0.761. The Labute approximate surface area is 188 Å². The van der Waals surface area contributed by atoms with Crippen molar-refractivity contribution in [3.05, 3.63) is 29.8 Å². The van der Waals surface area contributed by atoms with Gasteiger partial charge in [0.15, 0.2) is 0 Å². The molecular formula is C24H39N3O3S. The van der Waals surface area contributed by atoms with Crippen LogP contribution in [0.4, 0.5) is 0 Å². The molecule has 1 aromatic rings. The number of amides is 1. The van der Waals surface area contributed by atoms with E-state index >= 15 is 0 Å². The first-order valence-corrected chi connectivity index (χ1v) is 13.2. The Bertz CT molecular complexity index is 809. The van der Waals surface area contributed by atoms with Crippen LogP contribution in [-0.2, 0) is 14.8 Å². The molecule has 1 saturated carbocycles. The molecule has 1 saturated heterocycles. The molecule has 1 amide bonds. The number of aryl methyl sites for hydroxylation is 1. The number of carbonyl (C=O) groups excluding carboxylic acids is 1. The van der Waals surface area contributed by atoms with Gasteiger partial charge >= 0.3 is 0 Å². The minimum Gasteiger partial charge on any atom is -0.341 e. The number of sulfonamides is 1. The average molecular weight is 450 g/mol. The SMILES string of the molecule is Cc1ccc(S(=O)(=O)N2CCC(C(=O)N(CCN(C)C)CC3CCCCC3)CC2)cc1. The molecule has 1 aliphatic heterocycles. The second-order valence-corrected chi connectivity index (χ2v) is 11.5. The molecular weight excluding hydrogens is 410 g/mol. The lowest BCUT2D eigenvalue weighted by Gasteiger charge is -2.36. The highest BCUT2D eigenvalue weighted by Gasteiger charge is 2.34. The van der Waals surface area contributed by atoms with Crippen LogP contribution in [0.3, 0.4) is 0 Å². The topological polar surface area (TPSA) is 60.9 Å². The fourth-order valence-corrected chi connectivity index (χ4v) is 6.22. The van der Waals surface area contributed by atoms with Crippen molar-refractivity contribution >= 4 is 15.9 Å². The van der Waals surface area contributed by atoms with Gasteiger partial charge in [-0.2, -0.15) is 4.31 Å². The van der Waals surface area contributed by atoms with Gasteiger partial charge in [0, 0.05) is 38.6 Å². The van der Waals surface area contributed by atoms with Crippen LogP contribution < -0.4 is 0 Å². The molecule has 1 aliphatic carbocycles. The van der Waals surface area contributed by atoms with Crippen molar-refractivity contribution < 1.29 is 13.2 Å². The molecule has 0 spiro atoms. The lowest BCUT2D eigenvalue weighted by Crippen LogP contribution is -2.47. The zero-order valence-electron chi connectivity index (χ0n) is 19.4. The molecule has 6 nitrogen and oxygen atoms in total. The van der Waals surface area contributed by atoms with Crippen LogP contribution in [0.1, 0.15) is 50.5 Å². The quantitative estimate of drug-likeness (QED) is 0.611. The molecule has 3 rings (SSSR count). The monoisotopic (exact) mass is 449 g/mol. The highest BCUT2D eigenvalue weighted by Crippen LogP contribution is 2.28. The highest BCUT2D eigenvalue weighted by atomic mass is 32.2. The maximum absolute atomic E-state index is 13.4. The third-order valence-corrected chi connectivity index (χ3v) is 8.71. The zero-order chi connectivity index (χ0) is 22.4. The van der Waals surface area contributed by atoms with E-state index in [-0.39, 0.29) is 11.8 Å².